The zero-order chi connectivity index (χ0) is 17.4. The molecule has 3 rings (SSSR count). The summed E-state index contributed by atoms with van der Waals surface area (Å²) in [5.74, 6) is 0.142. The molecule has 3 heterocycles. The van der Waals surface area contributed by atoms with E-state index in [4.69, 9.17) is 9.15 Å². The lowest BCUT2D eigenvalue weighted by Crippen LogP contribution is -2.47. The number of rotatable bonds is 4. The van der Waals surface area contributed by atoms with E-state index < -0.39 is 10.0 Å². The Morgan fingerprint density at radius 2 is 2.12 bits per heavy atom. The van der Waals surface area contributed by atoms with Gasteiger partial charge in [0.05, 0.1) is 24.7 Å². The van der Waals surface area contributed by atoms with Crippen molar-refractivity contribution in [3.8, 4) is 0 Å². The van der Waals surface area contributed by atoms with Gasteiger partial charge in [-0.1, -0.05) is 0 Å². The number of sulfonamides is 1. The third-order valence-corrected chi connectivity index (χ3v) is 6.65. The third kappa shape index (κ3) is 3.22. The first-order valence-corrected chi connectivity index (χ1v) is 9.96. The molecular formula is C16H24N2O5S. The van der Waals surface area contributed by atoms with Gasteiger partial charge in [-0.15, -0.1) is 0 Å². The summed E-state index contributed by atoms with van der Waals surface area (Å²) in [7, 11) is -1.56. The number of hydrogen-bond acceptors (Lipinski definition) is 5. The van der Waals surface area contributed by atoms with Gasteiger partial charge in [0.25, 0.3) is 5.91 Å². The van der Waals surface area contributed by atoms with Crippen LogP contribution < -0.4 is 0 Å². The minimum Gasteiger partial charge on any atom is -0.472 e. The molecule has 7 nitrogen and oxygen atoms in total. The minimum atomic E-state index is -3.21. The predicted molar refractivity (Wildman–Crippen MR) is 88.1 cm³/mol. The summed E-state index contributed by atoms with van der Waals surface area (Å²) in [5, 5.41) is 0. The molecule has 2 aliphatic rings. The van der Waals surface area contributed by atoms with Crippen LogP contribution in [0.25, 0.3) is 0 Å². The average Bonchev–Trinajstić information content (AvgIpc) is 3.17. The number of carbonyl (C=O) groups excluding carboxylic acids is 1. The molecule has 1 aromatic rings. The van der Waals surface area contributed by atoms with Crippen molar-refractivity contribution in [2.24, 2.45) is 11.3 Å². The van der Waals surface area contributed by atoms with Crippen LogP contribution in [0.3, 0.4) is 0 Å². The van der Waals surface area contributed by atoms with E-state index in [1.54, 1.807) is 17.5 Å². The van der Waals surface area contributed by atoms with Crippen LogP contribution in [0.1, 0.15) is 23.2 Å². The highest BCUT2D eigenvalue weighted by atomic mass is 32.2. The molecule has 0 unspecified atom stereocenters. The molecule has 2 saturated heterocycles. The van der Waals surface area contributed by atoms with Crippen molar-refractivity contribution >= 4 is 15.9 Å². The lowest BCUT2D eigenvalue weighted by molar-refractivity contribution is 0.0327. The molecule has 0 aliphatic carbocycles. The largest absolute Gasteiger partial charge is 0.472 e. The van der Waals surface area contributed by atoms with E-state index in [1.807, 2.05) is 4.90 Å². The first-order valence-electron chi connectivity index (χ1n) is 8.11. The second kappa shape index (κ2) is 6.50. The van der Waals surface area contributed by atoms with Crippen molar-refractivity contribution in [3.05, 3.63) is 24.2 Å². The quantitative estimate of drug-likeness (QED) is 0.805. The standard InChI is InChI=1S/C16H24N2O5S/c1-22-11-14-9-18(24(2,20)21)12-16(14)4-6-17(7-5-16)15(19)13-3-8-23-10-13/h3,8,10,14H,4-7,9,11-12H2,1-2H3/t14-/m1/s1. The van der Waals surface area contributed by atoms with Crippen LogP contribution >= 0.6 is 0 Å². The summed E-state index contributed by atoms with van der Waals surface area (Å²) in [6.07, 6.45) is 5.79. The predicted octanol–water partition coefficient (Wildman–Crippen LogP) is 1.04. The Morgan fingerprint density at radius 3 is 2.67 bits per heavy atom. The van der Waals surface area contributed by atoms with Crippen LogP contribution in [-0.2, 0) is 14.8 Å². The van der Waals surface area contributed by atoms with Gasteiger partial charge in [0.1, 0.15) is 6.26 Å². The van der Waals surface area contributed by atoms with Crippen molar-refractivity contribution in [1.29, 1.82) is 0 Å². The number of furan rings is 1. The highest BCUT2D eigenvalue weighted by molar-refractivity contribution is 7.88. The highest BCUT2D eigenvalue weighted by Gasteiger charge is 2.50. The number of amides is 1. The first kappa shape index (κ1) is 17.4. The van der Waals surface area contributed by atoms with Gasteiger partial charge in [-0.3, -0.25) is 4.79 Å². The summed E-state index contributed by atoms with van der Waals surface area (Å²) in [5.41, 5.74) is 0.454. The lowest BCUT2D eigenvalue weighted by atomic mass is 9.71. The number of hydrogen-bond donors (Lipinski definition) is 0. The number of methoxy groups -OCH3 is 1. The Morgan fingerprint density at radius 1 is 1.42 bits per heavy atom. The summed E-state index contributed by atoms with van der Waals surface area (Å²) in [6.45, 7) is 2.82. The Hall–Kier alpha value is -1.38. The fourth-order valence-electron chi connectivity index (χ4n) is 3.96. The zero-order valence-electron chi connectivity index (χ0n) is 14.1. The fraction of sp³-hybridized carbons (Fsp3) is 0.688. The zero-order valence-corrected chi connectivity index (χ0v) is 14.9. The topological polar surface area (TPSA) is 80.1 Å². The van der Waals surface area contributed by atoms with Gasteiger partial charge in [-0.25, -0.2) is 12.7 Å². The molecule has 1 spiro atoms. The molecule has 0 N–H and O–H groups in total. The molecule has 1 atom stereocenters. The summed E-state index contributed by atoms with van der Waals surface area (Å²) >= 11 is 0. The van der Waals surface area contributed by atoms with Crippen molar-refractivity contribution in [1.82, 2.24) is 9.21 Å². The van der Waals surface area contributed by atoms with Crippen LogP contribution in [0.4, 0.5) is 0 Å². The minimum absolute atomic E-state index is 0.0279. The molecule has 2 fully saturated rings. The SMILES string of the molecule is COC[C@H]1CN(S(C)(=O)=O)CC12CCN(C(=O)c1ccoc1)CC2. The van der Waals surface area contributed by atoms with Crippen LogP contribution in [0, 0.1) is 11.3 Å². The van der Waals surface area contributed by atoms with Crippen LogP contribution in [-0.4, -0.2) is 69.7 Å². The summed E-state index contributed by atoms with van der Waals surface area (Å²) < 4.78 is 35.8. The van der Waals surface area contributed by atoms with Gasteiger partial charge >= 0.3 is 0 Å². The van der Waals surface area contributed by atoms with E-state index >= 15 is 0 Å². The van der Waals surface area contributed by atoms with E-state index in [0.717, 1.165) is 12.8 Å². The van der Waals surface area contributed by atoms with E-state index in [9.17, 15) is 13.2 Å². The van der Waals surface area contributed by atoms with Crippen molar-refractivity contribution < 1.29 is 22.4 Å². The molecule has 1 amide bonds. The molecule has 0 aromatic carbocycles. The molecule has 1 aromatic heterocycles. The van der Waals surface area contributed by atoms with Gasteiger partial charge in [0.2, 0.25) is 10.0 Å². The maximum atomic E-state index is 12.4. The van der Waals surface area contributed by atoms with Gasteiger partial charge in [-0.05, 0) is 24.3 Å². The van der Waals surface area contributed by atoms with E-state index in [2.05, 4.69) is 0 Å². The number of ether oxygens (including phenoxy) is 1. The normalized spacial score (nSPS) is 24.6. The maximum absolute atomic E-state index is 12.4. The molecule has 0 saturated carbocycles. The van der Waals surface area contributed by atoms with E-state index in [0.29, 0.717) is 38.3 Å². The van der Waals surface area contributed by atoms with E-state index in [-0.39, 0.29) is 17.2 Å². The number of likely N-dealkylation sites (tertiary alicyclic amines) is 1. The summed E-state index contributed by atoms with van der Waals surface area (Å²) in [6, 6.07) is 1.67. The van der Waals surface area contributed by atoms with E-state index in [1.165, 1.54) is 18.8 Å². The first-order chi connectivity index (χ1) is 11.4. The molecule has 2 aliphatic heterocycles. The third-order valence-electron chi connectivity index (χ3n) is 5.43. The average molecular weight is 356 g/mol. The molecule has 134 valence electrons. The Balaban J connectivity index is 1.71. The van der Waals surface area contributed by atoms with Crippen LogP contribution in [0.15, 0.2) is 23.0 Å². The van der Waals surface area contributed by atoms with Crippen molar-refractivity contribution in [3.63, 3.8) is 0 Å². The van der Waals surface area contributed by atoms with Gasteiger partial charge in [-0.2, -0.15) is 0 Å². The molecule has 24 heavy (non-hydrogen) atoms. The smallest absolute Gasteiger partial charge is 0.257 e. The van der Waals surface area contributed by atoms with Gasteiger partial charge in [0, 0.05) is 39.2 Å². The van der Waals surface area contributed by atoms with Crippen LogP contribution in [0.2, 0.25) is 0 Å². The molecular weight excluding hydrogens is 332 g/mol. The second-order valence-electron chi connectivity index (χ2n) is 6.87. The monoisotopic (exact) mass is 356 g/mol. The summed E-state index contributed by atoms with van der Waals surface area (Å²) in [4.78, 5) is 14.3. The maximum Gasteiger partial charge on any atom is 0.257 e. The molecule has 0 radical (unpaired) electrons. The van der Waals surface area contributed by atoms with Gasteiger partial charge < -0.3 is 14.1 Å². The highest BCUT2D eigenvalue weighted by Crippen LogP contribution is 2.45. The Bertz CT molecular complexity index is 677. The Labute approximate surface area is 142 Å². The Kier molecular flexibility index (Phi) is 4.72. The van der Waals surface area contributed by atoms with Gasteiger partial charge in [0.15, 0.2) is 0 Å². The van der Waals surface area contributed by atoms with Crippen molar-refractivity contribution in [2.75, 3.05) is 46.2 Å². The number of carbonyl (C=O) groups is 1. The van der Waals surface area contributed by atoms with Crippen LogP contribution in [0.5, 0.6) is 0 Å². The fourth-order valence-corrected chi connectivity index (χ4v) is 4.90. The molecule has 0 bridgehead atoms. The van der Waals surface area contributed by atoms with Crippen molar-refractivity contribution in [2.45, 2.75) is 12.8 Å². The second-order valence-corrected chi connectivity index (χ2v) is 8.86. The number of piperidine rings is 1. The lowest BCUT2D eigenvalue weighted by Gasteiger charge is -2.42. The molecule has 8 heteroatoms. The number of nitrogens with zero attached hydrogens (tertiary/aromatic N) is 2.